The van der Waals surface area contributed by atoms with Gasteiger partial charge in [0.2, 0.25) is 0 Å². The molecule has 0 aliphatic carbocycles. The van der Waals surface area contributed by atoms with Gasteiger partial charge in [-0.05, 0) is 25.1 Å². The van der Waals surface area contributed by atoms with Crippen molar-refractivity contribution >= 4 is 40.5 Å². The molecule has 0 saturated carbocycles. The van der Waals surface area contributed by atoms with Gasteiger partial charge in [0.15, 0.2) is 0 Å². The Morgan fingerprint density at radius 2 is 1.84 bits per heavy atom. The molecule has 1 aliphatic rings. The minimum atomic E-state index is 0.502. The van der Waals surface area contributed by atoms with Crippen molar-refractivity contribution in [3.8, 4) is 0 Å². The van der Waals surface area contributed by atoms with E-state index in [1.807, 2.05) is 0 Å². The van der Waals surface area contributed by atoms with Gasteiger partial charge >= 0.3 is 0 Å². The molecule has 1 atom stereocenters. The van der Waals surface area contributed by atoms with Crippen molar-refractivity contribution < 1.29 is 4.90 Å². The smallest absolute Gasteiger partial charge is 0.0978 e. The molecule has 0 amide bonds. The fourth-order valence-electron chi connectivity index (χ4n) is 2.02. The van der Waals surface area contributed by atoms with Gasteiger partial charge in [-0.15, -0.1) is 0 Å². The lowest BCUT2D eigenvalue weighted by Gasteiger charge is -2.23. The van der Waals surface area contributed by atoms with Crippen LogP contribution in [0, 0.1) is 0 Å². The van der Waals surface area contributed by atoms with Gasteiger partial charge in [-0.1, -0.05) is 34.8 Å². The first-order valence-electron chi connectivity index (χ1n) is 6.29. The minimum absolute atomic E-state index is 0.502. The number of rotatable bonds is 4. The molecule has 1 aliphatic heterocycles. The molecule has 1 unspecified atom stereocenters. The molecule has 6 heteroatoms. The SMILES string of the molecule is CC[NH+]1CC=C(NNc2c(Cl)cc(Cl)cc2Cl)CC1. The van der Waals surface area contributed by atoms with Crippen molar-refractivity contribution in [3.63, 3.8) is 0 Å². The molecule has 3 N–H and O–H groups in total. The zero-order chi connectivity index (χ0) is 13.8. The van der Waals surface area contributed by atoms with E-state index in [0.717, 1.165) is 26.1 Å². The van der Waals surface area contributed by atoms with E-state index < -0.39 is 0 Å². The summed E-state index contributed by atoms with van der Waals surface area (Å²) in [7, 11) is 0. The van der Waals surface area contributed by atoms with Crippen LogP contribution in [0.2, 0.25) is 15.1 Å². The van der Waals surface area contributed by atoms with Gasteiger partial charge in [-0.3, -0.25) is 5.43 Å². The molecule has 0 spiro atoms. The average Bonchev–Trinajstić information content (AvgIpc) is 2.38. The number of anilines is 1. The molecule has 0 fully saturated rings. The molecular weight excluding hydrogens is 305 g/mol. The van der Waals surface area contributed by atoms with Gasteiger partial charge in [0.05, 0.1) is 35.4 Å². The predicted octanol–water partition coefficient (Wildman–Crippen LogP) is 2.76. The van der Waals surface area contributed by atoms with Crippen molar-refractivity contribution in [2.75, 3.05) is 25.1 Å². The normalized spacial score (nSPS) is 18.9. The number of quaternary nitrogens is 1. The summed E-state index contributed by atoms with van der Waals surface area (Å²) in [6.45, 7) is 5.54. The molecule has 1 aromatic rings. The number of halogens is 3. The Labute approximate surface area is 128 Å². The lowest BCUT2D eigenvalue weighted by Crippen LogP contribution is -3.12. The summed E-state index contributed by atoms with van der Waals surface area (Å²) >= 11 is 18.1. The Balaban J connectivity index is 1.98. The molecule has 0 saturated heterocycles. The first kappa shape index (κ1) is 14.8. The first-order chi connectivity index (χ1) is 9.10. The summed E-state index contributed by atoms with van der Waals surface area (Å²) in [5.74, 6) is 0. The molecule has 0 bridgehead atoms. The van der Waals surface area contributed by atoms with E-state index >= 15 is 0 Å². The van der Waals surface area contributed by atoms with E-state index in [0.29, 0.717) is 20.8 Å². The van der Waals surface area contributed by atoms with Gasteiger partial charge in [0.25, 0.3) is 0 Å². The van der Waals surface area contributed by atoms with Crippen LogP contribution in [0.15, 0.2) is 23.9 Å². The summed E-state index contributed by atoms with van der Waals surface area (Å²) in [6.07, 6.45) is 3.21. The Bertz CT molecular complexity index is 465. The number of likely N-dealkylation sites (N-methyl/N-ethyl adjacent to an activating group) is 1. The number of benzene rings is 1. The van der Waals surface area contributed by atoms with Crippen molar-refractivity contribution in [1.29, 1.82) is 0 Å². The van der Waals surface area contributed by atoms with E-state index in [9.17, 15) is 0 Å². The van der Waals surface area contributed by atoms with Crippen LogP contribution in [0.4, 0.5) is 5.69 Å². The number of nitrogens with one attached hydrogen (secondary N) is 3. The highest BCUT2D eigenvalue weighted by Crippen LogP contribution is 2.33. The van der Waals surface area contributed by atoms with E-state index in [-0.39, 0.29) is 0 Å². The average molecular weight is 322 g/mol. The third kappa shape index (κ3) is 3.93. The Hall–Kier alpha value is -0.610. The quantitative estimate of drug-likeness (QED) is 0.744. The summed E-state index contributed by atoms with van der Waals surface area (Å²) in [5.41, 5.74) is 8.05. The van der Waals surface area contributed by atoms with Crippen molar-refractivity contribution in [2.45, 2.75) is 13.3 Å². The summed E-state index contributed by atoms with van der Waals surface area (Å²) < 4.78 is 0. The van der Waals surface area contributed by atoms with Crippen LogP contribution < -0.4 is 15.8 Å². The van der Waals surface area contributed by atoms with E-state index in [1.165, 1.54) is 5.70 Å². The fourth-order valence-corrected chi connectivity index (χ4v) is 2.93. The second-order valence-electron chi connectivity index (χ2n) is 4.53. The fraction of sp³-hybridized carbons (Fsp3) is 0.385. The maximum Gasteiger partial charge on any atom is 0.0978 e. The zero-order valence-electron chi connectivity index (χ0n) is 10.7. The monoisotopic (exact) mass is 320 g/mol. The zero-order valence-corrected chi connectivity index (χ0v) is 13.0. The molecule has 3 nitrogen and oxygen atoms in total. The van der Waals surface area contributed by atoms with Crippen LogP contribution in [0.5, 0.6) is 0 Å². The molecule has 19 heavy (non-hydrogen) atoms. The van der Waals surface area contributed by atoms with E-state index in [4.69, 9.17) is 34.8 Å². The highest BCUT2D eigenvalue weighted by Gasteiger charge is 2.13. The molecular formula is C13H17Cl3N3+. The van der Waals surface area contributed by atoms with Crippen LogP contribution in [0.3, 0.4) is 0 Å². The standard InChI is InChI=1S/C13H16Cl3N3/c1-2-19-5-3-10(4-6-19)17-18-13-11(15)7-9(14)8-12(13)16/h3,7-8,17-18H,2,4-6H2,1H3/p+1. The molecule has 2 rings (SSSR count). The van der Waals surface area contributed by atoms with Crippen molar-refractivity contribution in [2.24, 2.45) is 0 Å². The Morgan fingerprint density at radius 3 is 2.37 bits per heavy atom. The van der Waals surface area contributed by atoms with E-state index in [1.54, 1.807) is 17.0 Å². The van der Waals surface area contributed by atoms with Crippen LogP contribution in [0.25, 0.3) is 0 Å². The summed E-state index contributed by atoms with van der Waals surface area (Å²) in [4.78, 5) is 1.59. The van der Waals surface area contributed by atoms with Crippen LogP contribution in [-0.4, -0.2) is 19.6 Å². The Morgan fingerprint density at radius 1 is 1.16 bits per heavy atom. The Kier molecular flexibility index (Phi) is 5.22. The van der Waals surface area contributed by atoms with Gasteiger partial charge in [-0.2, -0.15) is 0 Å². The third-order valence-corrected chi connectivity index (χ3v) is 4.05. The number of hydrogen-bond donors (Lipinski definition) is 3. The van der Waals surface area contributed by atoms with Gasteiger partial charge in [0.1, 0.15) is 0 Å². The second-order valence-corrected chi connectivity index (χ2v) is 5.78. The van der Waals surface area contributed by atoms with Gasteiger partial charge in [-0.25, -0.2) is 0 Å². The second kappa shape index (κ2) is 6.71. The lowest BCUT2D eigenvalue weighted by atomic mass is 10.2. The molecule has 104 valence electrons. The molecule has 1 aromatic carbocycles. The predicted molar refractivity (Wildman–Crippen MR) is 82.2 cm³/mol. The molecule has 0 radical (unpaired) electrons. The maximum atomic E-state index is 6.10. The van der Waals surface area contributed by atoms with Crippen LogP contribution in [0.1, 0.15) is 13.3 Å². The number of hydrazine groups is 1. The van der Waals surface area contributed by atoms with Gasteiger partial charge < -0.3 is 10.3 Å². The van der Waals surface area contributed by atoms with Crippen molar-refractivity contribution in [1.82, 2.24) is 5.43 Å². The number of hydrogen-bond acceptors (Lipinski definition) is 2. The first-order valence-corrected chi connectivity index (χ1v) is 7.42. The lowest BCUT2D eigenvalue weighted by molar-refractivity contribution is -0.893. The van der Waals surface area contributed by atoms with E-state index in [2.05, 4.69) is 23.9 Å². The highest BCUT2D eigenvalue weighted by atomic mass is 35.5. The van der Waals surface area contributed by atoms with Crippen LogP contribution in [-0.2, 0) is 0 Å². The maximum absolute atomic E-state index is 6.10. The summed E-state index contributed by atoms with van der Waals surface area (Å²) in [6, 6.07) is 3.33. The molecule has 1 heterocycles. The largest absolute Gasteiger partial charge is 0.332 e. The summed E-state index contributed by atoms with van der Waals surface area (Å²) in [5, 5.41) is 1.53. The van der Waals surface area contributed by atoms with Gasteiger partial charge in [0, 0.05) is 17.1 Å². The van der Waals surface area contributed by atoms with Crippen molar-refractivity contribution in [3.05, 3.63) is 39.0 Å². The van der Waals surface area contributed by atoms with Crippen LogP contribution >= 0.6 is 34.8 Å². The molecule has 0 aromatic heterocycles. The highest BCUT2D eigenvalue weighted by molar-refractivity contribution is 6.41. The topological polar surface area (TPSA) is 28.5 Å². The third-order valence-electron chi connectivity index (χ3n) is 3.24. The minimum Gasteiger partial charge on any atom is -0.332 e.